The van der Waals surface area contributed by atoms with E-state index in [2.05, 4.69) is 25.9 Å². The number of H-pyrrole nitrogens is 1. The fourth-order valence-corrected chi connectivity index (χ4v) is 3.45. The maximum Gasteiger partial charge on any atom is 0.328 e. The minimum absolute atomic E-state index is 0.116. The average molecular weight is 516 g/mol. The Bertz CT molecular complexity index is 866. The van der Waals surface area contributed by atoms with E-state index in [1.165, 1.54) is 31.2 Å². The molecule has 0 aliphatic rings. The summed E-state index contributed by atoms with van der Waals surface area (Å²) in [7, 11) is 0. The lowest BCUT2D eigenvalue weighted by Gasteiger charge is -2.25. The van der Waals surface area contributed by atoms with Crippen molar-refractivity contribution in [2.24, 2.45) is 11.5 Å². The van der Waals surface area contributed by atoms with E-state index in [-0.39, 0.29) is 25.7 Å². The standard InChI is InChI=1S/C20H33N7O7S/c1-10(28)16(20(33)34)27-19(32)14(5-6-35-2)26-18(31)13(3-4-15(22)29)25-17(30)12(21)7-11-8-23-9-24-11/h8-10,12-14,16,28H,3-7,21H2,1-2H3,(H2,22,29)(H,23,24)(H,25,30)(H,26,31)(H,27,32)(H,33,34). The zero-order valence-electron chi connectivity index (χ0n) is 19.5. The van der Waals surface area contributed by atoms with Crippen molar-refractivity contribution in [2.45, 2.75) is 62.9 Å². The van der Waals surface area contributed by atoms with Crippen LogP contribution < -0.4 is 27.4 Å². The lowest BCUT2D eigenvalue weighted by atomic mass is 10.1. The summed E-state index contributed by atoms with van der Waals surface area (Å²) in [5, 5.41) is 26.0. The number of aromatic amines is 1. The molecule has 0 saturated heterocycles. The lowest BCUT2D eigenvalue weighted by molar-refractivity contribution is -0.145. The number of nitrogens with two attached hydrogens (primary N) is 2. The molecule has 1 aromatic heterocycles. The van der Waals surface area contributed by atoms with Gasteiger partial charge in [-0.25, -0.2) is 9.78 Å². The molecule has 15 heteroatoms. The highest BCUT2D eigenvalue weighted by atomic mass is 32.2. The van der Waals surface area contributed by atoms with Gasteiger partial charge in [0.15, 0.2) is 6.04 Å². The first-order valence-corrected chi connectivity index (χ1v) is 12.2. The topological polar surface area (TPSA) is 243 Å². The van der Waals surface area contributed by atoms with E-state index in [9.17, 15) is 34.2 Å². The van der Waals surface area contributed by atoms with Crippen LogP contribution in [0.5, 0.6) is 0 Å². The number of hydrogen-bond donors (Lipinski definition) is 8. The molecule has 35 heavy (non-hydrogen) atoms. The molecular weight excluding hydrogens is 482 g/mol. The van der Waals surface area contributed by atoms with Gasteiger partial charge >= 0.3 is 5.97 Å². The van der Waals surface area contributed by atoms with E-state index in [1.807, 2.05) is 0 Å². The molecule has 5 atom stereocenters. The predicted molar refractivity (Wildman–Crippen MR) is 127 cm³/mol. The molecule has 1 heterocycles. The smallest absolute Gasteiger partial charge is 0.328 e. The normalized spacial score (nSPS) is 15.2. The predicted octanol–water partition coefficient (Wildman–Crippen LogP) is -2.78. The van der Waals surface area contributed by atoms with E-state index in [0.717, 1.165) is 0 Å². The molecule has 0 saturated carbocycles. The lowest BCUT2D eigenvalue weighted by Crippen LogP contribution is -2.58. The summed E-state index contributed by atoms with van der Waals surface area (Å²) >= 11 is 1.39. The van der Waals surface area contributed by atoms with Crippen LogP contribution in [0.4, 0.5) is 0 Å². The number of aliphatic carboxylic acids is 1. The summed E-state index contributed by atoms with van der Waals surface area (Å²) in [5.41, 5.74) is 11.7. The number of thioether (sulfide) groups is 1. The van der Waals surface area contributed by atoms with Gasteiger partial charge in [0.05, 0.1) is 18.5 Å². The van der Waals surface area contributed by atoms with Crippen molar-refractivity contribution in [1.82, 2.24) is 25.9 Å². The maximum atomic E-state index is 13.0. The second-order valence-corrected chi connectivity index (χ2v) is 8.85. The number of carbonyl (C=O) groups excluding carboxylic acids is 4. The SMILES string of the molecule is CSCCC(NC(=O)C(CCC(N)=O)NC(=O)C(N)Cc1cnc[nH]1)C(=O)NC(C(=O)O)C(C)O. The summed E-state index contributed by atoms with van der Waals surface area (Å²) in [6.07, 6.45) is 3.21. The minimum Gasteiger partial charge on any atom is -0.480 e. The molecule has 0 fully saturated rings. The Morgan fingerprint density at radius 1 is 1.09 bits per heavy atom. The molecule has 0 aliphatic carbocycles. The Kier molecular flexibility index (Phi) is 12.8. The zero-order valence-corrected chi connectivity index (χ0v) is 20.3. The summed E-state index contributed by atoms with van der Waals surface area (Å²) < 4.78 is 0. The van der Waals surface area contributed by atoms with E-state index in [4.69, 9.17) is 11.5 Å². The van der Waals surface area contributed by atoms with Crippen molar-refractivity contribution in [3.05, 3.63) is 18.2 Å². The molecule has 4 amide bonds. The summed E-state index contributed by atoms with van der Waals surface area (Å²) in [4.78, 5) is 67.5. The average Bonchev–Trinajstić information content (AvgIpc) is 3.29. The van der Waals surface area contributed by atoms with Crippen LogP contribution in [0.25, 0.3) is 0 Å². The van der Waals surface area contributed by atoms with Gasteiger partial charge in [-0.15, -0.1) is 0 Å². The molecular formula is C20H33N7O7S. The third-order valence-electron chi connectivity index (χ3n) is 4.93. The van der Waals surface area contributed by atoms with Crippen LogP contribution in [0.1, 0.15) is 31.9 Å². The Balaban J connectivity index is 2.95. The van der Waals surface area contributed by atoms with E-state index >= 15 is 0 Å². The van der Waals surface area contributed by atoms with Crippen LogP contribution >= 0.6 is 11.8 Å². The molecule has 1 rings (SSSR count). The molecule has 0 bridgehead atoms. The molecule has 0 spiro atoms. The van der Waals surface area contributed by atoms with Gasteiger partial charge in [0.1, 0.15) is 12.1 Å². The first-order chi connectivity index (χ1) is 16.5. The van der Waals surface area contributed by atoms with Gasteiger partial charge < -0.3 is 42.6 Å². The summed E-state index contributed by atoms with van der Waals surface area (Å²) in [6.45, 7) is 1.20. The molecule has 196 valence electrons. The Morgan fingerprint density at radius 3 is 2.20 bits per heavy atom. The first kappa shape index (κ1) is 29.9. The first-order valence-electron chi connectivity index (χ1n) is 10.8. The Morgan fingerprint density at radius 2 is 1.69 bits per heavy atom. The highest BCUT2D eigenvalue weighted by Crippen LogP contribution is 2.06. The molecule has 1 aromatic rings. The molecule has 14 nitrogen and oxygen atoms in total. The fraction of sp³-hybridized carbons (Fsp3) is 0.600. The number of aliphatic hydroxyl groups is 1. The number of nitrogens with one attached hydrogen (secondary N) is 4. The van der Waals surface area contributed by atoms with Gasteiger partial charge in [0.2, 0.25) is 23.6 Å². The third-order valence-corrected chi connectivity index (χ3v) is 5.58. The number of amides is 4. The van der Waals surface area contributed by atoms with Gasteiger partial charge in [-0.3, -0.25) is 19.2 Å². The Hall–Kier alpha value is -3.17. The summed E-state index contributed by atoms with van der Waals surface area (Å²) in [6, 6.07) is -5.01. The molecule has 0 radical (unpaired) electrons. The molecule has 0 aromatic carbocycles. The summed E-state index contributed by atoms with van der Waals surface area (Å²) in [5.74, 6) is -3.97. The number of carboxylic acids is 1. The zero-order chi connectivity index (χ0) is 26.5. The van der Waals surface area contributed by atoms with Crippen LogP contribution in [-0.4, -0.2) is 92.1 Å². The second-order valence-electron chi connectivity index (χ2n) is 7.86. The highest BCUT2D eigenvalue weighted by Gasteiger charge is 2.31. The van der Waals surface area contributed by atoms with Crippen molar-refractivity contribution in [2.75, 3.05) is 12.0 Å². The Labute approximate surface area is 206 Å². The molecule has 5 unspecified atom stereocenters. The second kappa shape index (κ2) is 15.0. The quantitative estimate of drug-likeness (QED) is 0.112. The van der Waals surface area contributed by atoms with E-state index < -0.39 is 59.9 Å². The van der Waals surface area contributed by atoms with Crippen LogP contribution in [0, 0.1) is 0 Å². The van der Waals surface area contributed by atoms with E-state index in [0.29, 0.717) is 11.4 Å². The maximum absolute atomic E-state index is 13.0. The number of aromatic nitrogens is 2. The number of primary amides is 1. The number of hydrogen-bond acceptors (Lipinski definition) is 9. The number of rotatable bonds is 16. The number of aliphatic hydroxyl groups excluding tert-OH is 1. The van der Waals surface area contributed by atoms with Gasteiger partial charge in [-0.05, 0) is 31.8 Å². The minimum atomic E-state index is -1.58. The van der Waals surface area contributed by atoms with Crippen LogP contribution in [-0.2, 0) is 30.4 Å². The van der Waals surface area contributed by atoms with Crippen LogP contribution in [0.3, 0.4) is 0 Å². The highest BCUT2D eigenvalue weighted by molar-refractivity contribution is 7.98. The largest absolute Gasteiger partial charge is 0.480 e. The number of imidazole rings is 1. The monoisotopic (exact) mass is 515 g/mol. The van der Waals surface area contributed by atoms with Gasteiger partial charge in [0.25, 0.3) is 0 Å². The number of nitrogens with zero attached hydrogens (tertiary/aromatic N) is 1. The van der Waals surface area contributed by atoms with Crippen molar-refractivity contribution >= 4 is 41.4 Å². The third kappa shape index (κ3) is 10.7. The molecule has 10 N–H and O–H groups in total. The van der Waals surface area contributed by atoms with Gasteiger partial charge in [-0.1, -0.05) is 0 Å². The van der Waals surface area contributed by atoms with Crippen molar-refractivity contribution in [3.63, 3.8) is 0 Å². The fourth-order valence-electron chi connectivity index (χ4n) is 2.98. The van der Waals surface area contributed by atoms with Crippen LogP contribution in [0.15, 0.2) is 12.5 Å². The van der Waals surface area contributed by atoms with Crippen molar-refractivity contribution in [3.8, 4) is 0 Å². The molecule has 0 aliphatic heterocycles. The number of carbonyl (C=O) groups is 5. The number of carboxylic acid groups (broad SMARTS) is 1. The van der Waals surface area contributed by atoms with Crippen molar-refractivity contribution < 1.29 is 34.2 Å². The van der Waals surface area contributed by atoms with Crippen LogP contribution in [0.2, 0.25) is 0 Å². The van der Waals surface area contributed by atoms with Crippen molar-refractivity contribution in [1.29, 1.82) is 0 Å². The van der Waals surface area contributed by atoms with E-state index in [1.54, 1.807) is 6.26 Å². The van der Waals surface area contributed by atoms with Gasteiger partial charge in [-0.2, -0.15) is 11.8 Å². The van der Waals surface area contributed by atoms with Gasteiger partial charge in [0, 0.05) is 24.7 Å².